The zero-order valence-corrected chi connectivity index (χ0v) is 15.3. The number of piperidine rings is 1. The van der Waals surface area contributed by atoms with Gasteiger partial charge in [0.05, 0.1) is 23.8 Å². The number of hydrogen-bond acceptors (Lipinski definition) is 6. The summed E-state index contributed by atoms with van der Waals surface area (Å²) in [7, 11) is -3.03. The maximum Gasteiger partial charge on any atom is 0.222 e. The molecule has 0 N–H and O–H groups in total. The van der Waals surface area contributed by atoms with Crippen molar-refractivity contribution in [3.63, 3.8) is 0 Å². The fraction of sp³-hybridized carbons (Fsp3) is 0.588. The smallest absolute Gasteiger partial charge is 0.222 e. The van der Waals surface area contributed by atoms with Crippen LogP contribution >= 0.6 is 0 Å². The van der Waals surface area contributed by atoms with Gasteiger partial charge in [-0.1, -0.05) is 0 Å². The first-order valence-corrected chi connectivity index (χ1v) is 10.8. The van der Waals surface area contributed by atoms with Crippen LogP contribution in [-0.2, 0) is 21.1 Å². The van der Waals surface area contributed by atoms with Gasteiger partial charge in [0.25, 0.3) is 0 Å². The second-order valence-electron chi connectivity index (χ2n) is 6.92. The van der Waals surface area contributed by atoms with E-state index in [0.717, 1.165) is 19.4 Å². The molecule has 8 nitrogen and oxygen atoms in total. The van der Waals surface area contributed by atoms with E-state index in [2.05, 4.69) is 10.1 Å². The van der Waals surface area contributed by atoms with E-state index >= 15 is 0 Å². The van der Waals surface area contributed by atoms with E-state index in [9.17, 15) is 13.2 Å². The predicted molar refractivity (Wildman–Crippen MR) is 94.2 cm³/mol. The Balaban J connectivity index is 1.58. The van der Waals surface area contributed by atoms with Gasteiger partial charge in [-0.3, -0.25) is 4.79 Å². The van der Waals surface area contributed by atoms with Crippen molar-refractivity contribution in [2.24, 2.45) is 0 Å². The van der Waals surface area contributed by atoms with Gasteiger partial charge in [-0.15, -0.1) is 5.10 Å². The molecule has 0 unspecified atom stereocenters. The van der Waals surface area contributed by atoms with Crippen LogP contribution in [0.3, 0.4) is 0 Å². The lowest BCUT2D eigenvalue weighted by atomic mass is 10.1. The molecular formula is C17H22N4O4S. The third kappa shape index (κ3) is 3.53. The Hall–Kier alpha value is -2.16. The Labute approximate surface area is 152 Å². The maximum atomic E-state index is 12.0. The van der Waals surface area contributed by atoms with E-state index in [1.807, 2.05) is 4.90 Å². The Morgan fingerprint density at radius 3 is 2.88 bits per heavy atom. The molecule has 4 rings (SSSR count). The monoisotopic (exact) mass is 378 g/mol. The van der Waals surface area contributed by atoms with Crippen molar-refractivity contribution in [2.75, 3.05) is 24.6 Å². The van der Waals surface area contributed by atoms with Gasteiger partial charge < -0.3 is 9.32 Å². The first-order valence-electron chi connectivity index (χ1n) is 8.99. The Morgan fingerprint density at radius 2 is 2.19 bits per heavy atom. The van der Waals surface area contributed by atoms with Gasteiger partial charge in [0.2, 0.25) is 11.7 Å². The van der Waals surface area contributed by atoms with Gasteiger partial charge >= 0.3 is 0 Å². The molecule has 2 saturated heterocycles. The number of aromatic nitrogens is 3. The minimum Gasteiger partial charge on any atom is -0.461 e. The van der Waals surface area contributed by atoms with E-state index in [-0.39, 0.29) is 23.5 Å². The van der Waals surface area contributed by atoms with Crippen LogP contribution in [0.2, 0.25) is 0 Å². The number of amides is 1. The lowest BCUT2D eigenvalue weighted by Gasteiger charge is -2.26. The van der Waals surface area contributed by atoms with Gasteiger partial charge in [-0.2, -0.15) is 0 Å². The Bertz CT molecular complexity index is 888. The third-order valence-electron chi connectivity index (χ3n) is 5.02. The SMILES string of the molecule is O=C1CCCCN1CCc1nc(-c2ccco2)nn1[C@@H]1CCS(=O)(=O)C1. The lowest BCUT2D eigenvalue weighted by Crippen LogP contribution is -2.37. The lowest BCUT2D eigenvalue weighted by molar-refractivity contribution is -0.133. The summed E-state index contributed by atoms with van der Waals surface area (Å²) in [5, 5.41) is 4.53. The molecule has 2 aliphatic heterocycles. The van der Waals surface area contributed by atoms with Gasteiger partial charge in [0, 0.05) is 25.9 Å². The van der Waals surface area contributed by atoms with Gasteiger partial charge in [0.1, 0.15) is 5.82 Å². The third-order valence-corrected chi connectivity index (χ3v) is 6.77. The van der Waals surface area contributed by atoms with Gasteiger partial charge in [-0.05, 0) is 31.4 Å². The van der Waals surface area contributed by atoms with Crippen LogP contribution in [0.25, 0.3) is 11.6 Å². The van der Waals surface area contributed by atoms with E-state index in [0.29, 0.717) is 43.2 Å². The Kier molecular flexibility index (Phi) is 4.56. The number of furan rings is 1. The summed E-state index contributed by atoms with van der Waals surface area (Å²) in [6, 6.07) is 3.34. The van der Waals surface area contributed by atoms with Crippen LogP contribution in [0.5, 0.6) is 0 Å². The highest BCUT2D eigenvalue weighted by Gasteiger charge is 2.32. The molecule has 0 saturated carbocycles. The molecule has 2 fully saturated rings. The van der Waals surface area contributed by atoms with E-state index < -0.39 is 9.84 Å². The quantitative estimate of drug-likeness (QED) is 0.781. The molecule has 0 bridgehead atoms. The molecular weight excluding hydrogens is 356 g/mol. The average molecular weight is 378 g/mol. The number of carbonyl (C=O) groups excluding carboxylic acids is 1. The number of hydrogen-bond donors (Lipinski definition) is 0. The average Bonchev–Trinajstić information content (AvgIpc) is 3.33. The minimum atomic E-state index is -3.03. The molecule has 2 aliphatic rings. The molecule has 1 amide bonds. The summed E-state index contributed by atoms with van der Waals surface area (Å²) in [4.78, 5) is 18.5. The first-order chi connectivity index (χ1) is 12.5. The number of likely N-dealkylation sites (tertiary alicyclic amines) is 1. The van der Waals surface area contributed by atoms with Crippen LogP contribution in [0, 0.1) is 0 Å². The second kappa shape index (κ2) is 6.86. The zero-order chi connectivity index (χ0) is 18.1. The Morgan fingerprint density at radius 1 is 1.31 bits per heavy atom. The molecule has 2 aromatic heterocycles. The zero-order valence-electron chi connectivity index (χ0n) is 14.5. The fourth-order valence-corrected chi connectivity index (χ4v) is 5.32. The van der Waals surface area contributed by atoms with Crippen LogP contribution in [0.1, 0.15) is 37.5 Å². The van der Waals surface area contributed by atoms with Crippen LogP contribution < -0.4 is 0 Å². The maximum absolute atomic E-state index is 12.0. The summed E-state index contributed by atoms with van der Waals surface area (Å²) in [5.41, 5.74) is 0. The summed E-state index contributed by atoms with van der Waals surface area (Å²) in [5.74, 6) is 2.16. The van der Waals surface area contributed by atoms with E-state index in [4.69, 9.17) is 4.42 Å². The summed E-state index contributed by atoms with van der Waals surface area (Å²) < 4.78 is 30.9. The van der Waals surface area contributed by atoms with Crippen molar-refractivity contribution in [2.45, 2.75) is 38.1 Å². The van der Waals surface area contributed by atoms with Crippen molar-refractivity contribution in [3.05, 3.63) is 24.2 Å². The topological polar surface area (TPSA) is 98.3 Å². The van der Waals surface area contributed by atoms with Crippen LogP contribution in [0.4, 0.5) is 0 Å². The van der Waals surface area contributed by atoms with Gasteiger partial charge in [0.15, 0.2) is 15.6 Å². The first kappa shape index (κ1) is 17.3. The molecule has 0 aliphatic carbocycles. The number of carbonyl (C=O) groups is 1. The number of nitrogens with zero attached hydrogens (tertiary/aromatic N) is 4. The fourth-order valence-electron chi connectivity index (χ4n) is 3.63. The molecule has 2 aromatic rings. The number of sulfone groups is 1. The highest BCUT2D eigenvalue weighted by Crippen LogP contribution is 2.26. The second-order valence-corrected chi connectivity index (χ2v) is 9.15. The molecule has 0 radical (unpaired) electrons. The normalized spacial score (nSPS) is 22.8. The number of rotatable bonds is 5. The van der Waals surface area contributed by atoms with Crippen LogP contribution in [-0.4, -0.2) is 58.6 Å². The van der Waals surface area contributed by atoms with Crippen molar-refractivity contribution in [1.82, 2.24) is 19.7 Å². The van der Waals surface area contributed by atoms with E-state index in [1.165, 1.54) is 0 Å². The largest absolute Gasteiger partial charge is 0.461 e. The summed E-state index contributed by atoms with van der Waals surface area (Å²) in [6.45, 7) is 1.35. The predicted octanol–water partition coefficient (Wildman–Crippen LogP) is 1.45. The van der Waals surface area contributed by atoms with Crippen molar-refractivity contribution < 1.29 is 17.6 Å². The van der Waals surface area contributed by atoms with Crippen molar-refractivity contribution in [3.8, 4) is 11.6 Å². The molecule has 9 heteroatoms. The molecule has 26 heavy (non-hydrogen) atoms. The molecule has 4 heterocycles. The standard InChI is InChI=1S/C17H22N4O4S/c22-16-5-1-2-8-20(16)9-6-15-18-17(14-4-3-10-25-14)19-21(15)13-7-11-26(23,24)12-13/h3-4,10,13H,1-2,5-9,11-12H2/t13-/m1/s1. The van der Waals surface area contributed by atoms with Crippen LogP contribution in [0.15, 0.2) is 22.8 Å². The van der Waals surface area contributed by atoms with Crippen molar-refractivity contribution >= 4 is 15.7 Å². The molecule has 1 atom stereocenters. The molecule has 0 aromatic carbocycles. The summed E-state index contributed by atoms with van der Waals surface area (Å²) in [6.07, 6.45) is 5.23. The van der Waals surface area contributed by atoms with Gasteiger partial charge in [-0.25, -0.2) is 18.1 Å². The van der Waals surface area contributed by atoms with Crippen molar-refractivity contribution in [1.29, 1.82) is 0 Å². The minimum absolute atomic E-state index is 0.0869. The molecule has 140 valence electrons. The van der Waals surface area contributed by atoms with E-state index in [1.54, 1.807) is 23.1 Å². The summed E-state index contributed by atoms with van der Waals surface area (Å²) >= 11 is 0. The molecule has 0 spiro atoms. The highest BCUT2D eigenvalue weighted by atomic mass is 32.2. The highest BCUT2D eigenvalue weighted by molar-refractivity contribution is 7.91.